The summed E-state index contributed by atoms with van der Waals surface area (Å²) in [4.78, 5) is 4.55. The zero-order valence-electron chi connectivity index (χ0n) is 11.8. The number of rotatable bonds is 4. The van der Waals surface area contributed by atoms with Gasteiger partial charge in [0, 0.05) is 18.3 Å². The molecule has 1 atom stereocenters. The summed E-state index contributed by atoms with van der Waals surface area (Å²) < 4.78 is 0. The van der Waals surface area contributed by atoms with Crippen LogP contribution in [-0.2, 0) is 6.54 Å². The van der Waals surface area contributed by atoms with Crippen LogP contribution in [0.1, 0.15) is 56.8 Å². The Morgan fingerprint density at radius 1 is 1.22 bits per heavy atom. The van der Waals surface area contributed by atoms with Gasteiger partial charge in [0.05, 0.1) is 5.69 Å². The zero-order chi connectivity index (χ0) is 12.8. The van der Waals surface area contributed by atoms with Crippen LogP contribution in [0.2, 0.25) is 0 Å². The summed E-state index contributed by atoms with van der Waals surface area (Å²) in [7, 11) is 0. The van der Waals surface area contributed by atoms with Crippen LogP contribution in [0.15, 0.2) is 18.2 Å². The van der Waals surface area contributed by atoms with Crippen molar-refractivity contribution in [1.82, 2.24) is 10.3 Å². The molecule has 0 aromatic carbocycles. The fourth-order valence-corrected chi connectivity index (χ4v) is 2.94. The van der Waals surface area contributed by atoms with Crippen LogP contribution >= 0.6 is 0 Å². The molecular weight excluding hydrogens is 220 g/mol. The maximum Gasteiger partial charge on any atom is 0.0544 e. The summed E-state index contributed by atoms with van der Waals surface area (Å²) >= 11 is 0. The first kappa shape index (κ1) is 13.5. The molecule has 1 aliphatic carbocycles. The van der Waals surface area contributed by atoms with Crippen molar-refractivity contribution in [2.75, 3.05) is 0 Å². The third kappa shape index (κ3) is 4.09. The van der Waals surface area contributed by atoms with Crippen molar-refractivity contribution in [1.29, 1.82) is 0 Å². The molecule has 0 amide bonds. The minimum absolute atomic E-state index is 0.616. The van der Waals surface area contributed by atoms with Crippen LogP contribution in [0, 0.1) is 12.8 Å². The molecule has 18 heavy (non-hydrogen) atoms. The number of aryl methyl sites for hydroxylation is 1. The molecule has 1 aliphatic rings. The highest BCUT2D eigenvalue weighted by Gasteiger charge is 2.18. The highest BCUT2D eigenvalue weighted by Crippen LogP contribution is 2.25. The molecule has 0 spiro atoms. The van der Waals surface area contributed by atoms with Gasteiger partial charge >= 0.3 is 0 Å². The van der Waals surface area contributed by atoms with Gasteiger partial charge in [-0.1, -0.05) is 31.7 Å². The van der Waals surface area contributed by atoms with Gasteiger partial charge in [-0.3, -0.25) is 4.98 Å². The van der Waals surface area contributed by atoms with E-state index in [2.05, 4.69) is 42.3 Å². The molecular formula is C16H26N2. The Bertz CT molecular complexity index is 354. The summed E-state index contributed by atoms with van der Waals surface area (Å²) in [5, 5.41) is 3.66. The quantitative estimate of drug-likeness (QED) is 0.817. The maximum absolute atomic E-state index is 4.55. The van der Waals surface area contributed by atoms with Crippen molar-refractivity contribution in [3.8, 4) is 0 Å². The number of nitrogens with zero attached hydrogens (tertiary/aromatic N) is 1. The summed E-state index contributed by atoms with van der Waals surface area (Å²) in [6.45, 7) is 5.29. The molecule has 1 N–H and O–H groups in total. The largest absolute Gasteiger partial charge is 0.308 e. The fraction of sp³-hybridized carbons (Fsp3) is 0.688. The van der Waals surface area contributed by atoms with Gasteiger partial charge in [0.2, 0.25) is 0 Å². The number of pyridine rings is 1. The molecule has 100 valence electrons. The number of hydrogen-bond donors (Lipinski definition) is 1. The van der Waals surface area contributed by atoms with Crippen LogP contribution in [0.4, 0.5) is 0 Å². The summed E-state index contributed by atoms with van der Waals surface area (Å²) in [6.07, 6.45) is 8.49. The highest BCUT2D eigenvalue weighted by atomic mass is 14.9. The van der Waals surface area contributed by atoms with Gasteiger partial charge in [-0.2, -0.15) is 0 Å². The molecule has 2 rings (SSSR count). The molecule has 0 saturated heterocycles. The van der Waals surface area contributed by atoms with E-state index < -0.39 is 0 Å². The second kappa shape index (κ2) is 6.89. The topological polar surface area (TPSA) is 24.9 Å². The molecule has 2 heteroatoms. The summed E-state index contributed by atoms with van der Waals surface area (Å²) in [6, 6.07) is 6.87. The van der Waals surface area contributed by atoms with Crippen molar-refractivity contribution < 1.29 is 0 Å². The molecule has 0 unspecified atom stereocenters. The number of nitrogens with one attached hydrogen (secondary N) is 1. The standard InChI is InChI=1S/C16H26N2/c1-13-8-7-11-16(18-13)12-17-14(2)15-9-5-3-4-6-10-15/h7-8,11,14-15,17H,3-6,9-10,12H2,1-2H3/t14-/m0/s1. The van der Waals surface area contributed by atoms with E-state index in [9.17, 15) is 0 Å². The SMILES string of the molecule is Cc1cccc(CN[C@@H](C)C2CCCCCC2)n1. The van der Waals surface area contributed by atoms with Crippen molar-refractivity contribution in [3.05, 3.63) is 29.6 Å². The number of hydrogen-bond acceptors (Lipinski definition) is 2. The zero-order valence-corrected chi connectivity index (χ0v) is 11.8. The van der Waals surface area contributed by atoms with E-state index in [0.29, 0.717) is 6.04 Å². The summed E-state index contributed by atoms with van der Waals surface area (Å²) in [5.74, 6) is 0.859. The first-order valence-electron chi connectivity index (χ1n) is 7.41. The van der Waals surface area contributed by atoms with Crippen LogP contribution in [0.3, 0.4) is 0 Å². The molecule has 2 nitrogen and oxygen atoms in total. The molecule has 0 aliphatic heterocycles. The minimum atomic E-state index is 0.616. The third-order valence-electron chi connectivity index (χ3n) is 4.16. The second-order valence-electron chi connectivity index (χ2n) is 5.69. The average Bonchev–Trinajstić information content (AvgIpc) is 2.65. The van der Waals surface area contributed by atoms with Crippen molar-refractivity contribution >= 4 is 0 Å². The third-order valence-corrected chi connectivity index (χ3v) is 4.16. The van der Waals surface area contributed by atoms with Crippen LogP contribution in [-0.4, -0.2) is 11.0 Å². The highest BCUT2D eigenvalue weighted by molar-refractivity contribution is 5.09. The monoisotopic (exact) mass is 246 g/mol. The second-order valence-corrected chi connectivity index (χ2v) is 5.69. The lowest BCUT2D eigenvalue weighted by molar-refractivity contribution is 0.335. The van der Waals surface area contributed by atoms with Gasteiger partial charge < -0.3 is 5.32 Å². The summed E-state index contributed by atoms with van der Waals surface area (Å²) in [5.41, 5.74) is 2.27. The molecule has 0 bridgehead atoms. The molecule has 1 aromatic heterocycles. The van der Waals surface area contributed by atoms with Gasteiger partial charge in [-0.15, -0.1) is 0 Å². The lowest BCUT2D eigenvalue weighted by Gasteiger charge is -2.23. The number of aromatic nitrogens is 1. The lowest BCUT2D eigenvalue weighted by Crippen LogP contribution is -2.33. The predicted octanol–water partition coefficient (Wildman–Crippen LogP) is 3.84. The molecule has 1 heterocycles. The Hall–Kier alpha value is -0.890. The van der Waals surface area contributed by atoms with Crippen molar-refractivity contribution in [2.45, 2.75) is 65.0 Å². The van der Waals surface area contributed by atoms with Crippen molar-refractivity contribution in [2.24, 2.45) is 5.92 Å². The van der Waals surface area contributed by atoms with E-state index in [1.54, 1.807) is 0 Å². The van der Waals surface area contributed by atoms with E-state index in [-0.39, 0.29) is 0 Å². The first-order valence-corrected chi connectivity index (χ1v) is 7.41. The van der Waals surface area contributed by atoms with E-state index in [1.165, 1.54) is 38.5 Å². The van der Waals surface area contributed by atoms with E-state index in [1.807, 2.05) is 0 Å². The van der Waals surface area contributed by atoms with Gasteiger partial charge in [-0.25, -0.2) is 0 Å². The minimum Gasteiger partial charge on any atom is -0.308 e. The van der Waals surface area contributed by atoms with Crippen LogP contribution < -0.4 is 5.32 Å². The predicted molar refractivity (Wildman–Crippen MR) is 76.5 cm³/mol. The van der Waals surface area contributed by atoms with Gasteiger partial charge in [0.25, 0.3) is 0 Å². The molecule has 0 radical (unpaired) electrons. The molecule has 1 aromatic rings. The van der Waals surface area contributed by atoms with Gasteiger partial charge in [0.1, 0.15) is 0 Å². The van der Waals surface area contributed by atoms with E-state index in [4.69, 9.17) is 0 Å². The Morgan fingerprint density at radius 3 is 2.61 bits per heavy atom. The van der Waals surface area contributed by atoms with E-state index >= 15 is 0 Å². The Labute approximate surface area is 111 Å². The maximum atomic E-state index is 4.55. The molecule has 1 fully saturated rings. The first-order chi connectivity index (χ1) is 8.75. The van der Waals surface area contributed by atoms with E-state index in [0.717, 1.165) is 23.9 Å². The smallest absolute Gasteiger partial charge is 0.0544 e. The molecule has 1 saturated carbocycles. The lowest BCUT2D eigenvalue weighted by atomic mass is 9.93. The Morgan fingerprint density at radius 2 is 1.94 bits per heavy atom. The van der Waals surface area contributed by atoms with Gasteiger partial charge in [-0.05, 0) is 44.7 Å². The Balaban J connectivity index is 1.81. The van der Waals surface area contributed by atoms with Crippen LogP contribution in [0.5, 0.6) is 0 Å². The van der Waals surface area contributed by atoms with Crippen LogP contribution in [0.25, 0.3) is 0 Å². The fourth-order valence-electron chi connectivity index (χ4n) is 2.94. The Kier molecular flexibility index (Phi) is 5.18. The normalized spacial score (nSPS) is 19.4. The average molecular weight is 246 g/mol. The van der Waals surface area contributed by atoms with Crippen molar-refractivity contribution in [3.63, 3.8) is 0 Å². The van der Waals surface area contributed by atoms with Gasteiger partial charge in [0.15, 0.2) is 0 Å².